The van der Waals surface area contributed by atoms with E-state index in [0.29, 0.717) is 0 Å². The standard InChI is InChI=1S/C18H22FN/c1-12-7-5-6-8-15(12)11-17(20-4)18-13(2)9-16(19)10-14(18)3/h5-10,17,20H,11H2,1-4H3. The van der Waals surface area contributed by atoms with Crippen molar-refractivity contribution in [3.8, 4) is 0 Å². The van der Waals surface area contributed by atoms with Crippen LogP contribution in [-0.2, 0) is 6.42 Å². The highest BCUT2D eigenvalue weighted by molar-refractivity contribution is 5.38. The van der Waals surface area contributed by atoms with Crippen molar-refractivity contribution in [2.75, 3.05) is 7.05 Å². The molecule has 1 nitrogen and oxygen atoms in total. The minimum atomic E-state index is -0.158. The lowest BCUT2D eigenvalue weighted by atomic mass is 9.90. The molecule has 2 aromatic carbocycles. The van der Waals surface area contributed by atoms with E-state index in [-0.39, 0.29) is 11.9 Å². The Morgan fingerprint density at radius 3 is 2.15 bits per heavy atom. The van der Waals surface area contributed by atoms with Gasteiger partial charge in [-0.1, -0.05) is 24.3 Å². The number of halogens is 1. The fourth-order valence-electron chi connectivity index (χ4n) is 2.88. The fourth-order valence-corrected chi connectivity index (χ4v) is 2.88. The lowest BCUT2D eigenvalue weighted by Crippen LogP contribution is -2.21. The van der Waals surface area contributed by atoms with Gasteiger partial charge in [-0.15, -0.1) is 0 Å². The molecule has 106 valence electrons. The lowest BCUT2D eigenvalue weighted by Gasteiger charge is -2.22. The first kappa shape index (κ1) is 14.7. The number of rotatable bonds is 4. The average molecular weight is 271 g/mol. The Labute approximate surface area is 120 Å². The summed E-state index contributed by atoms with van der Waals surface area (Å²) in [6.07, 6.45) is 0.913. The summed E-state index contributed by atoms with van der Waals surface area (Å²) in [5.74, 6) is -0.158. The van der Waals surface area contributed by atoms with E-state index >= 15 is 0 Å². The Morgan fingerprint density at radius 1 is 1.00 bits per heavy atom. The van der Waals surface area contributed by atoms with Gasteiger partial charge in [-0.2, -0.15) is 0 Å². The average Bonchev–Trinajstić information content (AvgIpc) is 2.38. The highest BCUT2D eigenvalue weighted by Crippen LogP contribution is 2.26. The molecule has 1 N–H and O–H groups in total. The largest absolute Gasteiger partial charge is 0.313 e. The van der Waals surface area contributed by atoms with Gasteiger partial charge in [0.25, 0.3) is 0 Å². The maximum atomic E-state index is 13.4. The van der Waals surface area contributed by atoms with Crippen LogP contribution in [0.3, 0.4) is 0 Å². The van der Waals surface area contributed by atoms with Crippen molar-refractivity contribution in [3.63, 3.8) is 0 Å². The maximum absolute atomic E-state index is 13.4. The van der Waals surface area contributed by atoms with Crippen LogP contribution in [0.4, 0.5) is 4.39 Å². The van der Waals surface area contributed by atoms with Gasteiger partial charge >= 0.3 is 0 Å². The summed E-state index contributed by atoms with van der Waals surface area (Å²) in [5.41, 5.74) is 5.85. The molecule has 0 heterocycles. The van der Waals surface area contributed by atoms with E-state index in [1.54, 1.807) is 12.1 Å². The van der Waals surface area contributed by atoms with Crippen LogP contribution in [0.2, 0.25) is 0 Å². The molecular weight excluding hydrogens is 249 g/mol. The van der Waals surface area contributed by atoms with E-state index in [1.165, 1.54) is 16.7 Å². The molecule has 0 aromatic heterocycles. The van der Waals surface area contributed by atoms with Crippen LogP contribution in [0.1, 0.15) is 33.9 Å². The third-order valence-electron chi connectivity index (χ3n) is 3.94. The summed E-state index contributed by atoms with van der Waals surface area (Å²) >= 11 is 0. The first-order chi connectivity index (χ1) is 9.52. The molecule has 0 radical (unpaired) electrons. The van der Waals surface area contributed by atoms with Gasteiger partial charge in [-0.05, 0) is 74.2 Å². The Balaban J connectivity index is 2.37. The maximum Gasteiger partial charge on any atom is 0.123 e. The van der Waals surface area contributed by atoms with Crippen molar-refractivity contribution in [1.29, 1.82) is 0 Å². The third kappa shape index (κ3) is 3.07. The van der Waals surface area contributed by atoms with E-state index in [4.69, 9.17) is 0 Å². The molecule has 0 aliphatic heterocycles. The molecule has 0 aliphatic rings. The van der Waals surface area contributed by atoms with Crippen LogP contribution < -0.4 is 5.32 Å². The number of nitrogens with one attached hydrogen (secondary N) is 1. The first-order valence-corrected chi connectivity index (χ1v) is 7.01. The zero-order chi connectivity index (χ0) is 14.7. The van der Waals surface area contributed by atoms with Crippen molar-refractivity contribution in [2.45, 2.75) is 33.2 Å². The molecule has 0 amide bonds. The SMILES string of the molecule is CNC(Cc1ccccc1C)c1c(C)cc(F)cc1C. The van der Waals surface area contributed by atoms with Crippen molar-refractivity contribution in [1.82, 2.24) is 5.32 Å². The van der Waals surface area contributed by atoms with Gasteiger partial charge in [0.2, 0.25) is 0 Å². The number of benzene rings is 2. The van der Waals surface area contributed by atoms with Gasteiger partial charge in [0.05, 0.1) is 0 Å². The fraction of sp³-hybridized carbons (Fsp3) is 0.333. The molecule has 1 atom stereocenters. The van der Waals surface area contributed by atoms with Crippen LogP contribution in [0.15, 0.2) is 36.4 Å². The molecule has 2 rings (SSSR count). The van der Waals surface area contributed by atoms with Crippen molar-refractivity contribution >= 4 is 0 Å². The zero-order valence-electron chi connectivity index (χ0n) is 12.6. The molecule has 2 heteroatoms. The van der Waals surface area contributed by atoms with Gasteiger partial charge in [-0.3, -0.25) is 0 Å². The summed E-state index contributed by atoms with van der Waals surface area (Å²) in [6, 6.07) is 11.9. The predicted octanol–water partition coefficient (Wildman–Crippen LogP) is 4.25. The third-order valence-corrected chi connectivity index (χ3v) is 3.94. The molecule has 0 fully saturated rings. The van der Waals surface area contributed by atoms with Crippen molar-refractivity contribution in [2.24, 2.45) is 0 Å². The Hall–Kier alpha value is -1.67. The number of hydrogen-bond donors (Lipinski definition) is 1. The molecule has 0 aliphatic carbocycles. The predicted molar refractivity (Wildman–Crippen MR) is 82.6 cm³/mol. The van der Waals surface area contributed by atoms with Crippen LogP contribution in [0, 0.1) is 26.6 Å². The molecule has 2 aromatic rings. The second-order valence-electron chi connectivity index (χ2n) is 5.43. The van der Waals surface area contributed by atoms with Crippen LogP contribution >= 0.6 is 0 Å². The van der Waals surface area contributed by atoms with E-state index in [9.17, 15) is 4.39 Å². The highest BCUT2D eigenvalue weighted by atomic mass is 19.1. The van der Waals surface area contributed by atoms with Crippen LogP contribution in [0.25, 0.3) is 0 Å². The second kappa shape index (κ2) is 6.19. The minimum absolute atomic E-state index is 0.158. The summed E-state index contributed by atoms with van der Waals surface area (Å²) in [6.45, 7) is 6.09. The molecule has 0 saturated heterocycles. The van der Waals surface area contributed by atoms with Gasteiger partial charge < -0.3 is 5.32 Å². The molecule has 20 heavy (non-hydrogen) atoms. The second-order valence-corrected chi connectivity index (χ2v) is 5.43. The van der Waals surface area contributed by atoms with Gasteiger partial charge in [0.1, 0.15) is 5.82 Å². The van der Waals surface area contributed by atoms with Crippen LogP contribution in [-0.4, -0.2) is 7.05 Å². The zero-order valence-corrected chi connectivity index (χ0v) is 12.6. The molecule has 0 spiro atoms. The van der Waals surface area contributed by atoms with Crippen LogP contribution in [0.5, 0.6) is 0 Å². The topological polar surface area (TPSA) is 12.0 Å². The number of aryl methyl sites for hydroxylation is 3. The Bertz CT molecular complexity index is 581. The van der Waals surface area contributed by atoms with Gasteiger partial charge in [0, 0.05) is 6.04 Å². The summed E-state index contributed by atoms with van der Waals surface area (Å²) in [7, 11) is 1.96. The monoisotopic (exact) mass is 271 g/mol. The molecule has 1 unspecified atom stereocenters. The normalized spacial score (nSPS) is 12.4. The van der Waals surface area contributed by atoms with Crippen molar-refractivity contribution < 1.29 is 4.39 Å². The molecule has 0 saturated carbocycles. The molecular formula is C18H22FN. The number of hydrogen-bond acceptors (Lipinski definition) is 1. The smallest absolute Gasteiger partial charge is 0.123 e. The van der Waals surface area contributed by atoms with E-state index in [0.717, 1.165) is 17.5 Å². The first-order valence-electron chi connectivity index (χ1n) is 7.01. The number of likely N-dealkylation sites (N-methyl/N-ethyl adjacent to an activating group) is 1. The Kier molecular flexibility index (Phi) is 4.56. The summed E-state index contributed by atoms with van der Waals surface area (Å²) < 4.78 is 13.4. The van der Waals surface area contributed by atoms with Gasteiger partial charge in [-0.25, -0.2) is 4.39 Å². The van der Waals surface area contributed by atoms with Crippen molar-refractivity contribution in [3.05, 3.63) is 70.0 Å². The van der Waals surface area contributed by atoms with Gasteiger partial charge in [0.15, 0.2) is 0 Å². The highest BCUT2D eigenvalue weighted by Gasteiger charge is 2.16. The lowest BCUT2D eigenvalue weighted by molar-refractivity contribution is 0.577. The quantitative estimate of drug-likeness (QED) is 0.876. The van der Waals surface area contributed by atoms with E-state index < -0.39 is 0 Å². The summed E-state index contributed by atoms with van der Waals surface area (Å²) in [4.78, 5) is 0. The van der Waals surface area contributed by atoms with E-state index in [2.05, 4.69) is 36.5 Å². The molecule has 0 bridgehead atoms. The summed E-state index contributed by atoms with van der Waals surface area (Å²) in [5, 5.41) is 3.37. The Morgan fingerprint density at radius 2 is 1.60 bits per heavy atom. The van der Waals surface area contributed by atoms with E-state index in [1.807, 2.05) is 20.9 Å². The minimum Gasteiger partial charge on any atom is -0.313 e.